The van der Waals surface area contributed by atoms with Crippen molar-refractivity contribution in [3.8, 4) is 0 Å². The van der Waals surface area contributed by atoms with E-state index in [0.29, 0.717) is 25.3 Å². The predicted molar refractivity (Wildman–Crippen MR) is 73.7 cm³/mol. The molecule has 1 saturated heterocycles. The summed E-state index contributed by atoms with van der Waals surface area (Å²) in [7, 11) is 0. The number of H-pyrrole nitrogens is 1. The number of β-amino-alcohol motifs (C(OH)–C–C–N with tert-alkyl or cyclic N) is 1. The minimum atomic E-state index is -0.543. The fourth-order valence-electron chi connectivity index (χ4n) is 2.70. The number of carbonyl (C=O) groups excluding carboxylic acids is 1. The predicted octanol–water partition coefficient (Wildman–Crippen LogP) is 0.690. The molecule has 0 unspecified atom stereocenters. The van der Waals surface area contributed by atoms with E-state index < -0.39 is 6.10 Å². The lowest BCUT2D eigenvalue weighted by molar-refractivity contribution is 0.0754. The summed E-state index contributed by atoms with van der Waals surface area (Å²) in [5.74, 6) is 0.387. The van der Waals surface area contributed by atoms with Gasteiger partial charge >= 0.3 is 0 Å². The molecule has 0 saturated carbocycles. The van der Waals surface area contributed by atoms with Gasteiger partial charge in [0.1, 0.15) is 5.76 Å². The molecule has 3 rings (SSSR count). The third kappa shape index (κ3) is 2.82. The maximum Gasteiger partial charge on any atom is 0.276 e. The third-order valence-corrected chi connectivity index (χ3v) is 3.77. The van der Waals surface area contributed by atoms with Crippen LogP contribution in [0.4, 0.5) is 0 Å². The van der Waals surface area contributed by atoms with Gasteiger partial charge in [0.25, 0.3) is 5.91 Å². The summed E-state index contributed by atoms with van der Waals surface area (Å²) in [5, 5.41) is 20.9. The fraction of sp³-hybridized carbons (Fsp3) is 0.500. The molecule has 3 heterocycles. The number of aliphatic hydroxyl groups excluding tert-OH is 1. The Morgan fingerprint density at radius 1 is 1.48 bits per heavy atom. The van der Waals surface area contributed by atoms with Crippen molar-refractivity contribution in [3.05, 3.63) is 35.0 Å². The van der Waals surface area contributed by atoms with Crippen LogP contribution < -0.4 is 0 Å². The maximum absolute atomic E-state index is 12.3. The van der Waals surface area contributed by atoms with E-state index in [-0.39, 0.29) is 17.5 Å². The Balaban J connectivity index is 1.66. The second-order valence-electron chi connectivity index (χ2n) is 5.61. The van der Waals surface area contributed by atoms with Gasteiger partial charge in [0.05, 0.1) is 11.8 Å². The number of hydrogen-bond donors (Lipinski definition) is 2. The molecule has 0 bridgehead atoms. The Kier molecular flexibility index (Phi) is 3.50. The van der Waals surface area contributed by atoms with Gasteiger partial charge in [0.2, 0.25) is 0 Å². The highest BCUT2D eigenvalue weighted by molar-refractivity contribution is 5.92. The average molecular weight is 290 g/mol. The Bertz CT molecular complexity index is 648. The van der Waals surface area contributed by atoms with Crippen molar-refractivity contribution < 1.29 is 14.4 Å². The zero-order valence-corrected chi connectivity index (χ0v) is 12.0. The van der Waals surface area contributed by atoms with Crippen LogP contribution in [0.15, 0.2) is 16.7 Å². The van der Waals surface area contributed by atoms with Crippen molar-refractivity contribution in [2.24, 2.45) is 5.92 Å². The molecule has 0 radical (unpaired) electrons. The second-order valence-corrected chi connectivity index (χ2v) is 5.61. The van der Waals surface area contributed by atoms with Gasteiger partial charge in [-0.1, -0.05) is 5.16 Å². The molecule has 0 spiro atoms. The number of amides is 1. The van der Waals surface area contributed by atoms with Gasteiger partial charge in [-0.3, -0.25) is 9.89 Å². The fourth-order valence-corrected chi connectivity index (χ4v) is 2.70. The SMILES string of the molecule is Cc1cc(C[C@@H]2CN(C(=O)c3cc(C)on3)C[C@H]2O)n[nH]1. The second kappa shape index (κ2) is 5.33. The summed E-state index contributed by atoms with van der Waals surface area (Å²) in [5.41, 5.74) is 2.18. The van der Waals surface area contributed by atoms with Crippen LogP contribution in [0.3, 0.4) is 0 Å². The first kappa shape index (κ1) is 13.8. The summed E-state index contributed by atoms with van der Waals surface area (Å²) >= 11 is 0. The number of aliphatic hydroxyl groups is 1. The normalized spacial score (nSPS) is 22.0. The zero-order chi connectivity index (χ0) is 15.0. The molecule has 112 valence electrons. The monoisotopic (exact) mass is 290 g/mol. The van der Waals surface area contributed by atoms with E-state index in [4.69, 9.17) is 4.52 Å². The summed E-state index contributed by atoms with van der Waals surface area (Å²) in [4.78, 5) is 13.9. The van der Waals surface area contributed by atoms with Gasteiger partial charge in [-0.25, -0.2) is 0 Å². The lowest BCUT2D eigenvalue weighted by Gasteiger charge is -2.13. The molecule has 0 aromatic carbocycles. The third-order valence-electron chi connectivity index (χ3n) is 3.77. The molecule has 7 nitrogen and oxygen atoms in total. The zero-order valence-electron chi connectivity index (χ0n) is 12.0. The van der Waals surface area contributed by atoms with Crippen LogP contribution in [0, 0.1) is 19.8 Å². The van der Waals surface area contributed by atoms with Crippen LogP contribution >= 0.6 is 0 Å². The first-order chi connectivity index (χ1) is 10.0. The van der Waals surface area contributed by atoms with E-state index in [1.54, 1.807) is 17.9 Å². The van der Waals surface area contributed by atoms with E-state index >= 15 is 0 Å². The van der Waals surface area contributed by atoms with Crippen LogP contribution in [0.2, 0.25) is 0 Å². The lowest BCUT2D eigenvalue weighted by Crippen LogP contribution is -2.29. The van der Waals surface area contributed by atoms with Gasteiger partial charge in [-0.05, 0) is 26.3 Å². The number of aromatic nitrogens is 3. The minimum absolute atomic E-state index is 0.00959. The van der Waals surface area contributed by atoms with Crippen LogP contribution in [-0.4, -0.2) is 50.5 Å². The van der Waals surface area contributed by atoms with Gasteiger partial charge < -0.3 is 14.5 Å². The quantitative estimate of drug-likeness (QED) is 0.867. The Labute approximate surface area is 121 Å². The van der Waals surface area contributed by atoms with Gasteiger partial charge in [0, 0.05) is 30.8 Å². The number of aromatic amines is 1. The number of hydrogen-bond acceptors (Lipinski definition) is 5. The smallest absolute Gasteiger partial charge is 0.276 e. The minimum Gasteiger partial charge on any atom is -0.391 e. The van der Waals surface area contributed by atoms with Crippen LogP contribution in [0.1, 0.15) is 27.6 Å². The van der Waals surface area contributed by atoms with E-state index in [9.17, 15) is 9.90 Å². The van der Waals surface area contributed by atoms with Crippen molar-refractivity contribution in [1.29, 1.82) is 0 Å². The summed E-state index contributed by atoms with van der Waals surface area (Å²) < 4.78 is 4.92. The highest BCUT2D eigenvalue weighted by Crippen LogP contribution is 2.22. The van der Waals surface area contributed by atoms with Crippen LogP contribution in [0.25, 0.3) is 0 Å². The molecular formula is C14H18N4O3. The van der Waals surface area contributed by atoms with Crippen molar-refractivity contribution >= 4 is 5.91 Å². The first-order valence-electron chi connectivity index (χ1n) is 6.94. The molecule has 21 heavy (non-hydrogen) atoms. The molecule has 1 aliphatic heterocycles. The van der Waals surface area contributed by atoms with Crippen molar-refractivity contribution in [1.82, 2.24) is 20.3 Å². The summed E-state index contributed by atoms with van der Waals surface area (Å²) in [6.07, 6.45) is 0.103. The van der Waals surface area contributed by atoms with E-state index in [0.717, 1.165) is 11.4 Å². The van der Waals surface area contributed by atoms with Gasteiger partial charge in [-0.15, -0.1) is 0 Å². The standard InChI is InChI=1S/C14H18N4O3/c1-8-3-11(16-15-8)5-10-6-18(7-13(10)19)14(20)12-4-9(2)21-17-12/h3-4,10,13,19H,5-7H2,1-2H3,(H,15,16)/t10-,13-/m1/s1. The van der Waals surface area contributed by atoms with Crippen molar-refractivity contribution in [3.63, 3.8) is 0 Å². The Hall–Kier alpha value is -2.15. The summed E-state index contributed by atoms with van der Waals surface area (Å²) in [6, 6.07) is 3.57. The number of nitrogens with zero attached hydrogens (tertiary/aromatic N) is 3. The molecule has 1 amide bonds. The summed E-state index contributed by atoms with van der Waals surface area (Å²) in [6.45, 7) is 4.49. The number of nitrogens with one attached hydrogen (secondary N) is 1. The van der Waals surface area contributed by atoms with Crippen LogP contribution in [0.5, 0.6) is 0 Å². The van der Waals surface area contributed by atoms with Crippen LogP contribution in [-0.2, 0) is 6.42 Å². The number of rotatable bonds is 3. The molecule has 1 aliphatic rings. The molecule has 2 atom stereocenters. The number of aryl methyl sites for hydroxylation is 2. The molecule has 2 N–H and O–H groups in total. The average Bonchev–Trinajstić information content (AvgIpc) is 3.12. The molecule has 7 heteroatoms. The number of carbonyl (C=O) groups is 1. The molecule has 2 aromatic heterocycles. The topological polar surface area (TPSA) is 95.2 Å². The van der Waals surface area contributed by atoms with Crippen molar-refractivity contribution in [2.75, 3.05) is 13.1 Å². The van der Waals surface area contributed by atoms with Gasteiger partial charge in [0.15, 0.2) is 5.69 Å². The largest absolute Gasteiger partial charge is 0.391 e. The molecule has 2 aromatic rings. The Morgan fingerprint density at radius 3 is 2.90 bits per heavy atom. The molecular weight excluding hydrogens is 272 g/mol. The lowest BCUT2D eigenvalue weighted by atomic mass is 10.0. The van der Waals surface area contributed by atoms with E-state index in [2.05, 4.69) is 15.4 Å². The Morgan fingerprint density at radius 2 is 2.29 bits per heavy atom. The molecule has 1 fully saturated rings. The highest BCUT2D eigenvalue weighted by atomic mass is 16.5. The van der Waals surface area contributed by atoms with E-state index in [1.165, 1.54) is 0 Å². The molecule has 0 aliphatic carbocycles. The first-order valence-corrected chi connectivity index (χ1v) is 6.94. The maximum atomic E-state index is 12.3. The van der Waals surface area contributed by atoms with Crippen molar-refractivity contribution in [2.45, 2.75) is 26.4 Å². The van der Waals surface area contributed by atoms with Gasteiger partial charge in [-0.2, -0.15) is 5.10 Å². The number of likely N-dealkylation sites (tertiary alicyclic amines) is 1. The highest BCUT2D eigenvalue weighted by Gasteiger charge is 2.35. The van der Waals surface area contributed by atoms with E-state index in [1.807, 2.05) is 13.0 Å².